The number of carbonyl (C=O) groups is 1. The van der Waals surface area contributed by atoms with Crippen molar-refractivity contribution in [3.8, 4) is 0 Å². The third kappa shape index (κ3) is 10.2. The van der Waals surface area contributed by atoms with E-state index in [0.717, 1.165) is 6.42 Å². The lowest BCUT2D eigenvalue weighted by atomic mass is 10.0. The summed E-state index contributed by atoms with van der Waals surface area (Å²) < 4.78 is 11.6. The topological polar surface area (TPSA) is 59.6 Å². The number of nitrogens with one attached hydrogen (secondary N) is 2. The Morgan fingerprint density at radius 2 is 1.60 bits per heavy atom. The summed E-state index contributed by atoms with van der Waals surface area (Å²) in [7, 11) is 6.84. The number of carbonyl (C=O) groups excluding carboxylic acids is 1. The lowest BCUT2D eigenvalue weighted by molar-refractivity contribution is -0.123. The van der Waals surface area contributed by atoms with Gasteiger partial charge in [-0.3, -0.25) is 4.79 Å². The van der Waals surface area contributed by atoms with Crippen LogP contribution < -0.4 is 10.5 Å². The standard InChI is InChI=1S/C14H29BN2O3/c1-13(2,7-6-12(18)16-5)19-10-8-14(3,4)20-11-9-17-15/h17H,6-11H2,1-5H3,(H,16,18). The molecule has 0 rings (SSSR count). The Kier molecular flexibility index (Phi) is 9.10. The van der Waals surface area contributed by atoms with Crippen molar-refractivity contribution in [2.75, 3.05) is 26.8 Å². The third-order valence-electron chi connectivity index (χ3n) is 3.17. The Balaban J connectivity index is 3.92. The maximum Gasteiger partial charge on any atom is 0.219 e. The molecule has 1 amide bonds. The first-order valence-electron chi connectivity index (χ1n) is 7.14. The van der Waals surface area contributed by atoms with Crippen LogP contribution in [0.3, 0.4) is 0 Å². The Morgan fingerprint density at radius 3 is 2.15 bits per heavy atom. The average molecular weight is 284 g/mol. The molecule has 6 heteroatoms. The monoisotopic (exact) mass is 284 g/mol. The van der Waals surface area contributed by atoms with E-state index in [-0.39, 0.29) is 17.1 Å². The molecule has 0 aliphatic heterocycles. The molecule has 0 heterocycles. The molecular weight excluding hydrogens is 255 g/mol. The van der Waals surface area contributed by atoms with E-state index in [1.54, 1.807) is 7.05 Å². The minimum atomic E-state index is -0.304. The molecule has 116 valence electrons. The second-order valence-corrected chi connectivity index (χ2v) is 6.09. The van der Waals surface area contributed by atoms with Gasteiger partial charge in [-0.1, -0.05) is 0 Å². The van der Waals surface area contributed by atoms with Crippen molar-refractivity contribution < 1.29 is 14.3 Å². The largest absolute Gasteiger partial charge is 0.375 e. The van der Waals surface area contributed by atoms with Crippen LogP contribution in [0.4, 0.5) is 0 Å². The van der Waals surface area contributed by atoms with Gasteiger partial charge in [0, 0.05) is 20.0 Å². The summed E-state index contributed by atoms with van der Waals surface area (Å²) in [6, 6.07) is 0. The zero-order chi connectivity index (χ0) is 15.6. The van der Waals surface area contributed by atoms with E-state index in [0.29, 0.717) is 32.6 Å². The lowest BCUT2D eigenvalue weighted by Crippen LogP contribution is -2.33. The fourth-order valence-electron chi connectivity index (χ4n) is 1.64. The van der Waals surface area contributed by atoms with E-state index < -0.39 is 0 Å². The minimum Gasteiger partial charge on any atom is -0.375 e. The molecule has 0 fully saturated rings. The predicted octanol–water partition coefficient (Wildman–Crippen LogP) is 1.17. The molecule has 5 nitrogen and oxygen atoms in total. The molecule has 0 unspecified atom stereocenters. The molecule has 0 aromatic rings. The highest BCUT2D eigenvalue weighted by Crippen LogP contribution is 2.20. The summed E-state index contributed by atoms with van der Waals surface area (Å²) in [6.45, 7) is 9.87. The Hall–Kier alpha value is -0.585. The van der Waals surface area contributed by atoms with E-state index in [1.807, 2.05) is 27.7 Å². The molecule has 0 aromatic heterocycles. The summed E-state index contributed by atoms with van der Waals surface area (Å²) in [5, 5.41) is 5.18. The second-order valence-electron chi connectivity index (χ2n) is 6.09. The van der Waals surface area contributed by atoms with Crippen molar-refractivity contribution in [3.05, 3.63) is 0 Å². The minimum absolute atomic E-state index is 0.0413. The zero-order valence-electron chi connectivity index (χ0n) is 13.5. The van der Waals surface area contributed by atoms with Crippen LogP contribution in [0.25, 0.3) is 0 Å². The fraction of sp³-hybridized carbons (Fsp3) is 0.929. The van der Waals surface area contributed by atoms with Crippen molar-refractivity contribution in [1.29, 1.82) is 0 Å². The lowest BCUT2D eigenvalue weighted by Gasteiger charge is -2.29. The van der Waals surface area contributed by atoms with E-state index in [9.17, 15) is 4.79 Å². The maximum atomic E-state index is 11.2. The average Bonchev–Trinajstić information content (AvgIpc) is 2.35. The smallest absolute Gasteiger partial charge is 0.219 e. The van der Waals surface area contributed by atoms with Gasteiger partial charge < -0.3 is 20.0 Å². The number of amides is 1. The van der Waals surface area contributed by atoms with Gasteiger partial charge in [0.25, 0.3) is 0 Å². The van der Waals surface area contributed by atoms with Crippen molar-refractivity contribution in [2.45, 2.75) is 58.2 Å². The normalized spacial score (nSPS) is 12.4. The highest BCUT2D eigenvalue weighted by Gasteiger charge is 2.23. The van der Waals surface area contributed by atoms with Crippen molar-refractivity contribution in [1.82, 2.24) is 10.5 Å². The van der Waals surface area contributed by atoms with Crippen molar-refractivity contribution in [3.63, 3.8) is 0 Å². The van der Waals surface area contributed by atoms with Gasteiger partial charge in [0.1, 0.15) is 0 Å². The van der Waals surface area contributed by atoms with E-state index >= 15 is 0 Å². The number of ether oxygens (including phenoxy) is 2. The van der Waals surface area contributed by atoms with Crippen LogP contribution >= 0.6 is 0 Å². The van der Waals surface area contributed by atoms with Gasteiger partial charge in [0.05, 0.1) is 24.4 Å². The van der Waals surface area contributed by atoms with Gasteiger partial charge in [-0.25, -0.2) is 0 Å². The first kappa shape index (κ1) is 19.4. The molecular formula is C14H29BN2O3. The van der Waals surface area contributed by atoms with Crippen molar-refractivity contribution in [2.24, 2.45) is 0 Å². The first-order chi connectivity index (χ1) is 9.22. The molecule has 20 heavy (non-hydrogen) atoms. The molecule has 0 aromatic carbocycles. The van der Waals surface area contributed by atoms with E-state index in [2.05, 4.69) is 10.5 Å². The van der Waals surface area contributed by atoms with Gasteiger partial charge in [-0.05, 0) is 40.5 Å². The van der Waals surface area contributed by atoms with Gasteiger partial charge >= 0.3 is 0 Å². The molecule has 0 saturated carbocycles. The molecule has 0 atom stereocenters. The van der Waals surface area contributed by atoms with Crippen LogP contribution in [0.15, 0.2) is 0 Å². The molecule has 2 radical (unpaired) electrons. The van der Waals surface area contributed by atoms with Crippen LogP contribution in [0, 0.1) is 0 Å². The molecule has 2 N–H and O–H groups in total. The summed E-state index contributed by atoms with van der Waals surface area (Å²) in [4.78, 5) is 11.2. The fourth-order valence-corrected chi connectivity index (χ4v) is 1.64. The van der Waals surface area contributed by atoms with E-state index in [4.69, 9.17) is 17.5 Å². The quantitative estimate of drug-likeness (QED) is 0.441. The molecule has 0 aliphatic carbocycles. The molecule has 0 saturated heterocycles. The number of hydrogen-bond acceptors (Lipinski definition) is 4. The van der Waals surface area contributed by atoms with Crippen LogP contribution in [-0.2, 0) is 14.3 Å². The van der Waals surface area contributed by atoms with Gasteiger partial charge in [0.15, 0.2) is 7.98 Å². The Labute approximate surface area is 124 Å². The van der Waals surface area contributed by atoms with Gasteiger partial charge in [0.2, 0.25) is 5.91 Å². The summed E-state index contributed by atoms with van der Waals surface area (Å²) in [5.74, 6) is 0.0413. The Bertz CT molecular complexity index is 284. The predicted molar refractivity (Wildman–Crippen MR) is 81.7 cm³/mol. The Morgan fingerprint density at radius 1 is 1.05 bits per heavy atom. The highest BCUT2D eigenvalue weighted by molar-refractivity contribution is 6.04. The van der Waals surface area contributed by atoms with Crippen molar-refractivity contribution >= 4 is 13.9 Å². The van der Waals surface area contributed by atoms with Crippen LogP contribution in [0.1, 0.15) is 47.0 Å². The third-order valence-corrected chi connectivity index (χ3v) is 3.17. The SMILES string of the molecule is [B]NCCOC(C)(C)CCOC(C)(C)CCC(=O)NC. The van der Waals surface area contributed by atoms with Crippen LogP contribution in [-0.4, -0.2) is 51.9 Å². The number of rotatable bonds is 11. The summed E-state index contributed by atoms with van der Waals surface area (Å²) in [6.07, 6.45) is 1.97. The van der Waals surface area contributed by atoms with E-state index in [1.165, 1.54) is 0 Å². The summed E-state index contributed by atoms with van der Waals surface area (Å²) in [5.41, 5.74) is -0.547. The highest BCUT2D eigenvalue weighted by atomic mass is 16.5. The maximum absolute atomic E-state index is 11.2. The first-order valence-corrected chi connectivity index (χ1v) is 7.14. The summed E-state index contributed by atoms with van der Waals surface area (Å²) >= 11 is 0. The molecule has 0 spiro atoms. The molecule has 0 aliphatic rings. The second kappa shape index (κ2) is 9.37. The number of hydrogen-bond donors (Lipinski definition) is 2. The van der Waals surface area contributed by atoms with Crippen LogP contribution in [0.5, 0.6) is 0 Å². The van der Waals surface area contributed by atoms with Crippen LogP contribution in [0.2, 0.25) is 0 Å². The van der Waals surface area contributed by atoms with Gasteiger partial charge in [-0.15, -0.1) is 0 Å². The zero-order valence-corrected chi connectivity index (χ0v) is 13.5. The van der Waals surface area contributed by atoms with Gasteiger partial charge in [-0.2, -0.15) is 0 Å². The molecule has 0 bridgehead atoms.